The van der Waals surface area contributed by atoms with Crippen molar-refractivity contribution in [1.29, 1.82) is 0 Å². The zero-order chi connectivity index (χ0) is 9.76. The molecule has 4 rings (SSSR count). The zero-order valence-electron chi connectivity index (χ0n) is 9.42. The zero-order valence-corrected chi connectivity index (χ0v) is 9.42. The van der Waals surface area contributed by atoms with Crippen LogP contribution in [0.15, 0.2) is 0 Å². The van der Waals surface area contributed by atoms with Gasteiger partial charge in [-0.05, 0) is 44.6 Å². The molecule has 1 saturated carbocycles. The van der Waals surface area contributed by atoms with Crippen LogP contribution >= 0.6 is 0 Å². The number of hydrogen-bond donors (Lipinski definition) is 1. The molecule has 0 radical (unpaired) electrons. The molecule has 1 aliphatic carbocycles. The van der Waals surface area contributed by atoms with Crippen molar-refractivity contribution < 1.29 is 0 Å². The van der Waals surface area contributed by atoms with Gasteiger partial charge in [0.15, 0.2) is 0 Å². The largest absolute Gasteiger partial charge is 0.310 e. The smallest absolute Gasteiger partial charge is 0.0315 e. The van der Waals surface area contributed by atoms with Crippen LogP contribution in [0.4, 0.5) is 0 Å². The van der Waals surface area contributed by atoms with Crippen molar-refractivity contribution in [3.63, 3.8) is 0 Å². The Morgan fingerprint density at radius 2 is 2.14 bits per heavy atom. The second-order valence-corrected chi connectivity index (χ2v) is 6.05. The van der Waals surface area contributed by atoms with Crippen LogP contribution < -0.4 is 5.32 Å². The summed E-state index contributed by atoms with van der Waals surface area (Å²) in [5.41, 5.74) is 0.545. The monoisotopic (exact) mass is 194 g/mol. The summed E-state index contributed by atoms with van der Waals surface area (Å²) < 4.78 is 0. The molecule has 3 aliphatic heterocycles. The average Bonchev–Trinajstić information content (AvgIpc) is 2.66. The van der Waals surface area contributed by atoms with Crippen molar-refractivity contribution in [1.82, 2.24) is 10.2 Å². The van der Waals surface area contributed by atoms with Crippen molar-refractivity contribution in [3.8, 4) is 0 Å². The lowest BCUT2D eigenvalue weighted by atomic mass is 9.73. The summed E-state index contributed by atoms with van der Waals surface area (Å²) in [4.78, 5) is 2.71. The fourth-order valence-corrected chi connectivity index (χ4v) is 3.88. The Kier molecular flexibility index (Phi) is 1.94. The Morgan fingerprint density at radius 3 is 2.64 bits per heavy atom. The Labute approximate surface area is 87.0 Å². The molecule has 2 nitrogen and oxygen atoms in total. The van der Waals surface area contributed by atoms with Crippen LogP contribution in [0.3, 0.4) is 0 Å². The normalized spacial score (nSPS) is 52.3. The molecule has 0 aromatic rings. The maximum Gasteiger partial charge on any atom is 0.0315 e. The van der Waals surface area contributed by atoms with Crippen LogP contribution in [0.5, 0.6) is 0 Å². The summed E-state index contributed by atoms with van der Waals surface area (Å²) in [5.74, 6) is 1.93. The molecule has 3 heterocycles. The van der Waals surface area contributed by atoms with Crippen LogP contribution in [-0.2, 0) is 0 Å². The van der Waals surface area contributed by atoms with E-state index >= 15 is 0 Å². The first-order chi connectivity index (χ1) is 6.67. The van der Waals surface area contributed by atoms with E-state index in [2.05, 4.69) is 24.1 Å². The number of nitrogens with zero attached hydrogens (tertiary/aromatic N) is 1. The Bertz CT molecular complexity index is 227. The Hall–Kier alpha value is -0.0800. The fourth-order valence-electron chi connectivity index (χ4n) is 3.88. The summed E-state index contributed by atoms with van der Waals surface area (Å²) in [6.45, 7) is 8.72. The number of nitrogens with one attached hydrogen (secondary N) is 1. The van der Waals surface area contributed by atoms with Crippen molar-refractivity contribution in [3.05, 3.63) is 0 Å². The van der Waals surface area contributed by atoms with Gasteiger partial charge in [-0.25, -0.2) is 0 Å². The first-order valence-corrected chi connectivity index (χ1v) is 6.16. The third kappa shape index (κ3) is 1.31. The molecule has 1 N–H and O–H groups in total. The van der Waals surface area contributed by atoms with Crippen molar-refractivity contribution in [2.75, 3.05) is 19.6 Å². The van der Waals surface area contributed by atoms with Crippen molar-refractivity contribution in [2.24, 2.45) is 11.8 Å². The summed E-state index contributed by atoms with van der Waals surface area (Å²) >= 11 is 0. The van der Waals surface area contributed by atoms with Gasteiger partial charge < -0.3 is 5.32 Å². The minimum absolute atomic E-state index is 0.545. The Morgan fingerprint density at radius 1 is 1.36 bits per heavy atom. The highest BCUT2D eigenvalue weighted by Gasteiger charge is 2.51. The lowest BCUT2D eigenvalue weighted by molar-refractivity contribution is 0.129. The highest BCUT2D eigenvalue weighted by Crippen LogP contribution is 2.44. The molecular weight excluding hydrogens is 172 g/mol. The van der Waals surface area contributed by atoms with Gasteiger partial charge in [0.1, 0.15) is 0 Å². The van der Waals surface area contributed by atoms with E-state index in [1.54, 1.807) is 0 Å². The first kappa shape index (κ1) is 9.17. The molecule has 80 valence electrons. The summed E-state index contributed by atoms with van der Waals surface area (Å²) in [5, 5.41) is 3.73. The second-order valence-electron chi connectivity index (χ2n) is 6.05. The molecular formula is C12H22N2. The molecule has 2 atom stereocenters. The number of fused-ring (bicyclic) bond motifs is 1. The predicted molar refractivity (Wildman–Crippen MR) is 58.3 cm³/mol. The predicted octanol–water partition coefficient (Wildman–Crippen LogP) is 1.47. The van der Waals surface area contributed by atoms with Gasteiger partial charge in [-0.3, -0.25) is 4.90 Å². The lowest BCUT2D eigenvalue weighted by Crippen LogP contribution is -2.53. The summed E-state index contributed by atoms with van der Waals surface area (Å²) in [7, 11) is 0. The molecule has 0 aromatic heterocycles. The van der Waals surface area contributed by atoms with E-state index in [1.807, 2.05) is 0 Å². The third-order valence-corrected chi connectivity index (χ3v) is 4.54. The molecule has 0 spiro atoms. The van der Waals surface area contributed by atoms with E-state index in [4.69, 9.17) is 0 Å². The van der Waals surface area contributed by atoms with Gasteiger partial charge in [-0.15, -0.1) is 0 Å². The van der Waals surface area contributed by atoms with Crippen LogP contribution in [-0.4, -0.2) is 36.1 Å². The highest BCUT2D eigenvalue weighted by molar-refractivity contribution is 5.10. The molecule has 0 aromatic carbocycles. The van der Waals surface area contributed by atoms with Gasteiger partial charge in [0.05, 0.1) is 0 Å². The highest BCUT2D eigenvalue weighted by atomic mass is 15.2. The van der Waals surface area contributed by atoms with Gasteiger partial charge in [0.2, 0.25) is 0 Å². The molecule has 2 bridgehead atoms. The molecule has 2 unspecified atom stereocenters. The van der Waals surface area contributed by atoms with Crippen molar-refractivity contribution >= 4 is 0 Å². The molecule has 3 saturated heterocycles. The van der Waals surface area contributed by atoms with E-state index in [0.717, 1.165) is 17.9 Å². The van der Waals surface area contributed by atoms with E-state index < -0.39 is 0 Å². The molecule has 4 aliphatic rings. The minimum Gasteiger partial charge on any atom is -0.310 e. The molecule has 0 amide bonds. The van der Waals surface area contributed by atoms with Crippen molar-refractivity contribution in [2.45, 2.75) is 44.7 Å². The van der Waals surface area contributed by atoms with Gasteiger partial charge in [0, 0.05) is 24.7 Å². The van der Waals surface area contributed by atoms with Crippen LogP contribution in [0.25, 0.3) is 0 Å². The molecule has 2 heteroatoms. The SMILES string of the molecule is CC1CC(C)N(CC23CC(CN2)C3)C1. The lowest BCUT2D eigenvalue weighted by Gasteiger charge is -2.41. The summed E-state index contributed by atoms with van der Waals surface area (Å²) in [6.07, 6.45) is 4.30. The maximum atomic E-state index is 3.73. The van der Waals surface area contributed by atoms with Crippen LogP contribution in [0.1, 0.15) is 33.1 Å². The average molecular weight is 194 g/mol. The molecule has 4 fully saturated rings. The van der Waals surface area contributed by atoms with Gasteiger partial charge in [-0.2, -0.15) is 0 Å². The number of hydrogen-bond acceptors (Lipinski definition) is 2. The van der Waals surface area contributed by atoms with Gasteiger partial charge in [0.25, 0.3) is 0 Å². The van der Waals surface area contributed by atoms with E-state index in [9.17, 15) is 0 Å². The van der Waals surface area contributed by atoms with Gasteiger partial charge >= 0.3 is 0 Å². The quantitative estimate of drug-likeness (QED) is 0.716. The maximum absolute atomic E-state index is 3.73. The van der Waals surface area contributed by atoms with E-state index in [0.29, 0.717) is 5.54 Å². The second kappa shape index (κ2) is 2.96. The third-order valence-electron chi connectivity index (χ3n) is 4.54. The Balaban J connectivity index is 1.62. The summed E-state index contributed by atoms with van der Waals surface area (Å²) in [6, 6.07) is 0.820. The number of likely N-dealkylation sites (tertiary alicyclic amines) is 1. The van der Waals surface area contributed by atoms with Crippen LogP contribution in [0.2, 0.25) is 0 Å². The first-order valence-electron chi connectivity index (χ1n) is 6.16. The van der Waals surface area contributed by atoms with Crippen LogP contribution in [0, 0.1) is 11.8 Å². The standard InChI is InChI=1S/C12H22N2/c1-9-3-10(2)14(7-9)8-12-4-11(5-12)6-13-12/h9-11,13H,3-8H2,1-2H3. The van der Waals surface area contributed by atoms with E-state index in [-0.39, 0.29) is 0 Å². The topological polar surface area (TPSA) is 15.3 Å². The fraction of sp³-hybridized carbons (Fsp3) is 1.00. The number of rotatable bonds is 2. The minimum atomic E-state index is 0.545. The van der Waals surface area contributed by atoms with Gasteiger partial charge in [-0.1, -0.05) is 6.92 Å². The van der Waals surface area contributed by atoms with E-state index in [1.165, 1.54) is 38.9 Å². The molecule has 14 heavy (non-hydrogen) atoms.